The normalized spacial score (nSPS) is 13.1. The second-order valence-electron chi connectivity index (χ2n) is 4.77. The van der Waals surface area contributed by atoms with E-state index in [1.807, 2.05) is 19.2 Å². The lowest BCUT2D eigenvalue weighted by molar-refractivity contribution is 0.469. The Balaban J connectivity index is 2.70. The fourth-order valence-electron chi connectivity index (χ4n) is 2.04. The van der Waals surface area contributed by atoms with E-state index < -0.39 is 0 Å². The number of nitrogens with one attached hydrogen (secondary N) is 1. The SMILES string of the molecule is CNCCC(CC(C)C)c1ccc(F)cc1. The van der Waals surface area contributed by atoms with Gasteiger partial charge in [0.05, 0.1) is 0 Å². The lowest BCUT2D eigenvalue weighted by Crippen LogP contribution is -2.13. The zero-order chi connectivity index (χ0) is 12.0. The lowest BCUT2D eigenvalue weighted by atomic mass is 9.88. The summed E-state index contributed by atoms with van der Waals surface area (Å²) in [5, 5.41) is 3.18. The highest BCUT2D eigenvalue weighted by Crippen LogP contribution is 2.26. The van der Waals surface area contributed by atoms with Crippen molar-refractivity contribution in [2.75, 3.05) is 13.6 Å². The van der Waals surface area contributed by atoms with Crippen molar-refractivity contribution in [3.05, 3.63) is 35.6 Å². The molecule has 1 nitrogen and oxygen atoms in total. The van der Waals surface area contributed by atoms with Crippen LogP contribution in [-0.2, 0) is 0 Å². The topological polar surface area (TPSA) is 12.0 Å². The molecule has 0 saturated heterocycles. The molecule has 0 spiro atoms. The van der Waals surface area contributed by atoms with Gasteiger partial charge in [0.2, 0.25) is 0 Å². The van der Waals surface area contributed by atoms with Gasteiger partial charge in [-0.2, -0.15) is 0 Å². The molecule has 0 aliphatic carbocycles. The number of hydrogen-bond donors (Lipinski definition) is 1. The molecule has 0 aliphatic heterocycles. The van der Waals surface area contributed by atoms with Crippen molar-refractivity contribution < 1.29 is 4.39 Å². The standard InChI is InChI=1S/C14H22FN/c1-11(2)10-13(8-9-16-3)12-4-6-14(15)7-5-12/h4-7,11,13,16H,8-10H2,1-3H3. The molecular formula is C14H22FN. The fourth-order valence-corrected chi connectivity index (χ4v) is 2.04. The highest BCUT2D eigenvalue weighted by Gasteiger charge is 2.12. The zero-order valence-electron chi connectivity index (χ0n) is 10.5. The summed E-state index contributed by atoms with van der Waals surface area (Å²) >= 11 is 0. The molecule has 0 fully saturated rings. The van der Waals surface area contributed by atoms with E-state index in [1.54, 1.807) is 12.1 Å². The molecular weight excluding hydrogens is 201 g/mol. The monoisotopic (exact) mass is 223 g/mol. The van der Waals surface area contributed by atoms with Crippen LogP contribution >= 0.6 is 0 Å². The van der Waals surface area contributed by atoms with Gasteiger partial charge in [0.25, 0.3) is 0 Å². The van der Waals surface area contributed by atoms with Gasteiger partial charge in [-0.05, 0) is 56.0 Å². The van der Waals surface area contributed by atoms with Crippen molar-refractivity contribution in [2.24, 2.45) is 5.92 Å². The predicted molar refractivity (Wildman–Crippen MR) is 67.1 cm³/mol. The maximum atomic E-state index is 12.9. The van der Waals surface area contributed by atoms with Crippen molar-refractivity contribution in [3.8, 4) is 0 Å². The summed E-state index contributed by atoms with van der Waals surface area (Å²) in [5.41, 5.74) is 1.25. The summed E-state index contributed by atoms with van der Waals surface area (Å²) in [7, 11) is 1.97. The molecule has 0 aliphatic rings. The van der Waals surface area contributed by atoms with Crippen LogP contribution in [0.2, 0.25) is 0 Å². The molecule has 0 heterocycles. The second-order valence-corrected chi connectivity index (χ2v) is 4.77. The minimum absolute atomic E-state index is 0.152. The largest absolute Gasteiger partial charge is 0.320 e. The molecule has 0 bridgehead atoms. The second kappa shape index (κ2) is 6.64. The van der Waals surface area contributed by atoms with Crippen LogP contribution in [0, 0.1) is 11.7 Å². The fraction of sp³-hybridized carbons (Fsp3) is 0.571. The van der Waals surface area contributed by atoms with Crippen LogP contribution in [0.25, 0.3) is 0 Å². The first-order valence-electron chi connectivity index (χ1n) is 6.03. The molecule has 0 aromatic heterocycles. The number of benzene rings is 1. The van der Waals surface area contributed by atoms with E-state index in [4.69, 9.17) is 0 Å². The van der Waals surface area contributed by atoms with Crippen LogP contribution in [0.15, 0.2) is 24.3 Å². The Morgan fingerprint density at radius 2 is 1.81 bits per heavy atom. The summed E-state index contributed by atoms with van der Waals surface area (Å²) in [4.78, 5) is 0. The van der Waals surface area contributed by atoms with Gasteiger partial charge in [-0.1, -0.05) is 26.0 Å². The van der Waals surface area contributed by atoms with Gasteiger partial charge in [-0.15, -0.1) is 0 Å². The molecule has 1 N–H and O–H groups in total. The maximum absolute atomic E-state index is 12.9. The van der Waals surface area contributed by atoms with Crippen molar-refractivity contribution in [3.63, 3.8) is 0 Å². The molecule has 0 amide bonds. The minimum atomic E-state index is -0.152. The van der Waals surface area contributed by atoms with Crippen molar-refractivity contribution in [2.45, 2.75) is 32.6 Å². The summed E-state index contributed by atoms with van der Waals surface area (Å²) < 4.78 is 12.9. The van der Waals surface area contributed by atoms with Gasteiger partial charge in [0.1, 0.15) is 5.82 Å². The van der Waals surface area contributed by atoms with E-state index in [0.717, 1.165) is 19.4 Å². The minimum Gasteiger partial charge on any atom is -0.320 e. The summed E-state index contributed by atoms with van der Waals surface area (Å²) in [6.45, 7) is 5.47. The van der Waals surface area contributed by atoms with Gasteiger partial charge in [0.15, 0.2) is 0 Å². The Bertz CT molecular complexity index is 292. The number of halogens is 1. The Kier molecular flexibility index (Phi) is 5.47. The third kappa shape index (κ3) is 4.31. The number of hydrogen-bond acceptors (Lipinski definition) is 1. The zero-order valence-corrected chi connectivity index (χ0v) is 10.5. The molecule has 2 heteroatoms. The Labute approximate surface area is 98.1 Å². The van der Waals surface area contributed by atoms with E-state index in [0.29, 0.717) is 11.8 Å². The van der Waals surface area contributed by atoms with Crippen LogP contribution in [0.1, 0.15) is 38.2 Å². The first-order valence-corrected chi connectivity index (χ1v) is 6.03. The van der Waals surface area contributed by atoms with Gasteiger partial charge in [-0.3, -0.25) is 0 Å². The molecule has 1 aromatic carbocycles. The molecule has 90 valence electrons. The van der Waals surface area contributed by atoms with Crippen molar-refractivity contribution >= 4 is 0 Å². The van der Waals surface area contributed by atoms with Gasteiger partial charge >= 0.3 is 0 Å². The Morgan fingerprint density at radius 1 is 1.19 bits per heavy atom. The molecule has 0 saturated carbocycles. The average Bonchev–Trinajstić information content (AvgIpc) is 2.25. The third-order valence-corrected chi connectivity index (χ3v) is 2.84. The first-order chi connectivity index (χ1) is 7.63. The third-order valence-electron chi connectivity index (χ3n) is 2.84. The van der Waals surface area contributed by atoms with E-state index in [2.05, 4.69) is 19.2 Å². The smallest absolute Gasteiger partial charge is 0.123 e. The van der Waals surface area contributed by atoms with Crippen molar-refractivity contribution in [1.29, 1.82) is 0 Å². The van der Waals surface area contributed by atoms with Crippen LogP contribution in [0.4, 0.5) is 4.39 Å². The molecule has 1 aromatic rings. The molecule has 1 unspecified atom stereocenters. The highest BCUT2D eigenvalue weighted by atomic mass is 19.1. The predicted octanol–water partition coefficient (Wildman–Crippen LogP) is 3.56. The Hall–Kier alpha value is -0.890. The van der Waals surface area contributed by atoms with Gasteiger partial charge in [0, 0.05) is 0 Å². The summed E-state index contributed by atoms with van der Waals surface area (Å²) in [6, 6.07) is 6.94. The van der Waals surface area contributed by atoms with E-state index >= 15 is 0 Å². The van der Waals surface area contributed by atoms with E-state index in [9.17, 15) is 4.39 Å². The van der Waals surface area contributed by atoms with Crippen molar-refractivity contribution in [1.82, 2.24) is 5.32 Å². The average molecular weight is 223 g/mol. The first kappa shape index (κ1) is 13.2. The van der Waals surface area contributed by atoms with Crippen LogP contribution in [0.3, 0.4) is 0 Å². The highest BCUT2D eigenvalue weighted by molar-refractivity contribution is 5.20. The van der Waals surface area contributed by atoms with Crippen LogP contribution < -0.4 is 5.32 Å². The Morgan fingerprint density at radius 3 is 2.31 bits per heavy atom. The van der Waals surface area contributed by atoms with Crippen LogP contribution in [-0.4, -0.2) is 13.6 Å². The lowest BCUT2D eigenvalue weighted by Gasteiger charge is -2.19. The van der Waals surface area contributed by atoms with Gasteiger partial charge < -0.3 is 5.32 Å². The van der Waals surface area contributed by atoms with Gasteiger partial charge in [-0.25, -0.2) is 4.39 Å². The molecule has 0 radical (unpaired) electrons. The van der Waals surface area contributed by atoms with E-state index in [-0.39, 0.29) is 5.82 Å². The number of rotatable bonds is 6. The molecule has 1 rings (SSSR count). The van der Waals surface area contributed by atoms with Crippen LogP contribution in [0.5, 0.6) is 0 Å². The van der Waals surface area contributed by atoms with E-state index in [1.165, 1.54) is 5.56 Å². The summed E-state index contributed by atoms with van der Waals surface area (Å²) in [6.07, 6.45) is 2.27. The quantitative estimate of drug-likeness (QED) is 0.777. The molecule has 1 atom stereocenters. The molecule has 16 heavy (non-hydrogen) atoms. The maximum Gasteiger partial charge on any atom is 0.123 e. The summed E-state index contributed by atoms with van der Waals surface area (Å²) in [5.74, 6) is 1.06.